The Morgan fingerprint density at radius 2 is 1.95 bits per heavy atom. The van der Waals surface area contributed by atoms with Gasteiger partial charge in [-0.05, 0) is 49.3 Å². The zero-order valence-electron chi connectivity index (χ0n) is 13.6. The topological polar surface area (TPSA) is 15.3 Å². The van der Waals surface area contributed by atoms with Gasteiger partial charge in [0, 0.05) is 24.8 Å². The van der Waals surface area contributed by atoms with E-state index in [1.54, 1.807) is 0 Å². The molecule has 0 aromatic heterocycles. The Hall–Kier alpha value is -1.02. The third-order valence-electron chi connectivity index (χ3n) is 5.18. The van der Waals surface area contributed by atoms with Crippen LogP contribution in [0.25, 0.3) is 0 Å². The highest BCUT2D eigenvalue weighted by Crippen LogP contribution is 2.39. The number of nitrogens with zero attached hydrogens (tertiary/aromatic N) is 1. The van der Waals surface area contributed by atoms with Crippen LogP contribution in [0, 0.1) is 11.8 Å². The number of hydrogen-bond acceptors (Lipinski definition) is 2. The summed E-state index contributed by atoms with van der Waals surface area (Å²) in [6.45, 7) is 7.90. The minimum absolute atomic E-state index is 0.715. The van der Waals surface area contributed by atoms with Gasteiger partial charge in [-0.15, -0.1) is 0 Å². The van der Waals surface area contributed by atoms with Crippen LogP contribution in [0.3, 0.4) is 0 Å². The molecule has 2 unspecified atom stereocenters. The molecule has 1 aliphatic heterocycles. The summed E-state index contributed by atoms with van der Waals surface area (Å²) in [7, 11) is 0. The van der Waals surface area contributed by atoms with E-state index in [4.69, 9.17) is 0 Å². The molecular formula is C19H30N2. The summed E-state index contributed by atoms with van der Waals surface area (Å²) < 4.78 is 0. The normalized spacial score (nSPS) is 25.4. The Labute approximate surface area is 129 Å². The summed E-state index contributed by atoms with van der Waals surface area (Å²) >= 11 is 0. The highest BCUT2D eigenvalue weighted by molar-refractivity contribution is 5.55. The molecular weight excluding hydrogens is 256 g/mol. The highest BCUT2D eigenvalue weighted by atomic mass is 15.2. The minimum atomic E-state index is 0.715. The molecule has 3 rings (SSSR count). The van der Waals surface area contributed by atoms with Gasteiger partial charge in [0.05, 0.1) is 0 Å². The molecule has 21 heavy (non-hydrogen) atoms. The number of rotatable bonds is 5. The maximum atomic E-state index is 3.61. The van der Waals surface area contributed by atoms with E-state index in [9.17, 15) is 0 Å². The molecule has 0 spiro atoms. The van der Waals surface area contributed by atoms with Crippen molar-refractivity contribution in [3.8, 4) is 0 Å². The molecule has 1 heterocycles. The minimum Gasteiger partial charge on any atom is -0.368 e. The van der Waals surface area contributed by atoms with E-state index in [1.807, 2.05) is 0 Å². The molecule has 1 N–H and O–H groups in total. The van der Waals surface area contributed by atoms with Crippen molar-refractivity contribution in [2.45, 2.75) is 58.5 Å². The van der Waals surface area contributed by atoms with E-state index >= 15 is 0 Å². The van der Waals surface area contributed by atoms with Crippen LogP contribution in [-0.4, -0.2) is 19.1 Å². The van der Waals surface area contributed by atoms with Gasteiger partial charge in [0.25, 0.3) is 0 Å². The molecule has 0 bridgehead atoms. The first-order chi connectivity index (χ1) is 10.3. The van der Waals surface area contributed by atoms with E-state index in [0.717, 1.165) is 25.0 Å². The van der Waals surface area contributed by atoms with Gasteiger partial charge in [0.1, 0.15) is 0 Å². The van der Waals surface area contributed by atoms with Crippen LogP contribution >= 0.6 is 0 Å². The Bertz CT molecular complexity index is 455. The van der Waals surface area contributed by atoms with Crippen molar-refractivity contribution in [3.63, 3.8) is 0 Å². The van der Waals surface area contributed by atoms with Crippen molar-refractivity contribution in [1.82, 2.24) is 5.32 Å². The Balaban J connectivity index is 1.72. The fraction of sp³-hybridized carbons (Fsp3) is 0.684. The van der Waals surface area contributed by atoms with E-state index in [1.165, 1.54) is 49.9 Å². The number of anilines is 1. The molecule has 116 valence electrons. The molecule has 0 radical (unpaired) electrons. The summed E-state index contributed by atoms with van der Waals surface area (Å²) in [4.78, 5) is 2.72. The maximum absolute atomic E-state index is 3.61. The molecule has 1 aromatic carbocycles. The first-order valence-corrected chi connectivity index (χ1v) is 8.81. The predicted octanol–water partition coefficient (Wildman–Crippen LogP) is 4.20. The Kier molecular flexibility index (Phi) is 4.84. The van der Waals surface area contributed by atoms with Crippen LogP contribution in [0.2, 0.25) is 0 Å². The zero-order valence-corrected chi connectivity index (χ0v) is 13.6. The predicted molar refractivity (Wildman–Crippen MR) is 90.7 cm³/mol. The van der Waals surface area contributed by atoms with Gasteiger partial charge in [-0.25, -0.2) is 0 Å². The number of nitrogens with one attached hydrogen (secondary N) is 1. The first kappa shape index (κ1) is 14.9. The number of para-hydroxylation sites is 1. The average Bonchev–Trinajstić information content (AvgIpc) is 2.91. The van der Waals surface area contributed by atoms with Gasteiger partial charge in [0.2, 0.25) is 0 Å². The summed E-state index contributed by atoms with van der Waals surface area (Å²) in [5.41, 5.74) is 2.97. The van der Waals surface area contributed by atoms with Gasteiger partial charge in [-0.1, -0.05) is 44.9 Å². The van der Waals surface area contributed by atoms with Crippen molar-refractivity contribution in [1.29, 1.82) is 0 Å². The summed E-state index contributed by atoms with van der Waals surface area (Å²) in [6.07, 6.45) is 7.13. The number of benzene rings is 1. The van der Waals surface area contributed by atoms with Crippen LogP contribution in [0.1, 0.15) is 51.5 Å². The zero-order chi connectivity index (χ0) is 14.7. The number of fused-ring (bicyclic) bond motifs is 1. The van der Waals surface area contributed by atoms with Gasteiger partial charge in [0.15, 0.2) is 0 Å². The van der Waals surface area contributed by atoms with E-state index in [0.29, 0.717) is 5.92 Å². The quantitative estimate of drug-likeness (QED) is 0.872. The molecule has 2 aliphatic rings. The summed E-state index contributed by atoms with van der Waals surface area (Å²) in [5, 5.41) is 3.61. The van der Waals surface area contributed by atoms with E-state index in [-0.39, 0.29) is 0 Å². The molecule has 2 nitrogen and oxygen atoms in total. The molecule has 2 fully saturated rings. The van der Waals surface area contributed by atoms with Crippen LogP contribution in [0.15, 0.2) is 24.3 Å². The maximum Gasteiger partial charge on any atom is 0.0414 e. The second-order valence-electron chi connectivity index (χ2n) is 7.25. The lowest BCUT2D eigenvalue weighted by atomic mass is 9.85. The van der Waals surface area contributed by atoms with E-state index in [2.05, 4.69) is 48.3 Å². The van der Waals surface area contributed by atoms with Crippen molar-refractivity contribution >= 4 is 5.69 Å². The van der Waals surface area contributed by atoms with Gasteiger partial charge in [-0.2, -0.15) is 0 Å². The Morgan fingerprint density at radius 1 is 1.14 bits per heavy atom. The summed E-state index contributed by atoms with van der Waals surface area (Å²) in [5.74, 6) is 1.67. The molecule has 2 heteroatoms. The summed E-state index contributed by atoms with van der Waals surface area (Å²) in [6, 6.07) is 9.84. The SMILES string of the molecule is CC(C)CNCc1ccccc1N1CCC2CCCCC21. The fourth-order valence-corrected chi connectivity index (χ4v) is 4.14. The van der Waals surface area contributed by atoms with Crippen LogP contribution in [0.4, 0.5) is 5.69 Å². The third kappa shape index (κ3) is 3.42. The standard InChI is InChI=1S/C19H30N2/c1-15(2)13-20-14-17-8-4-6-10-19(17)21-12-11-16-7-3-5-9-18(16)21/h4,6,8,10,15-16,18,20H,3,5,7,9,11-14H2,1-2H3. The largest absolute Gasteiger partial charge is 0.368 e. The molecule has 1 saturated carbocycles. The van der Waals surface area contributed by atoms with Crippen molar-refractivity contribution in [2.24, 2.45) is 11.8 Å². The average molecular weight is 286 g/mol. The van der Waals surface area contributed by atoms with Crippen molar-refractivity contribution in [3.05, 3.63) is 29.8 Å². The molecule has 1 aromatic rings. The lowest BCUT2D eigenvalue weighted by Crippen LogP contribution is -2.35. The Morgan fingerprint density at radius 3 is 2.81 bits per heavy atom. The highest BCUT2D eigenvalue weighted by Gasteiger charge is 2.36. The fourth-order valence-electron chi connectivity index (χ4n) is 4.14. The van der Waals surface area contributed by atoms with Gasteiger partial charge < -0.3 is 10.2 Å². The lowest BCUT2D eigenvalue weighted by Gasteiger charge is -2.34. The van der Waals surface area contributed by atoms with Crippen molar-refractivity contribution in [2.75, 3.05) is 18.0 Å². The molecule has 0 amide bonds. The van der Waals surface area contributed by atoms with Crippen LogP contribution in [-0.2, 0) is 6.54 Å². The number of hydrogen-bond donors (Lipinski definition) is 1. The second-order valence-corrected chi connectivity index (χ2v) is 7.25. The first-order valence-electron chi connectivity index (χ1n) is 8.81. The lowest BCUT2D eigenvalue weighted by molar-refractivity contribution is 0.342. The third-order valence-corrected chi connectivity index (χ3v) is 5.18. The second kappa shape index (κ2) is 6.83. The monoisotopic (exact) mass is 286 g/mol. The van der Waals surface area contributed by atoms with Crippen molar-refractivity contribution < 1.29 is 0 Å². The van der Waals surface area contributed by atoms with Crippen LogP contribution in [0.5, 0.6) is 0 Å². The van der Waals surface area contributed by atoms with E-state index < -0.39 is 0 Å². The molecule has 1 saturated heterocycles. The van der Waals surface area contributed by atoms with Gasteiger partial charge in [-0.3, -0.25) is 0 Å². The molecule has 2 atom stereocenters. The van der Waals surface area contributed by atoms with Gasteiger partial charge >= 0.3 is 0 Å². The van der Waals surface area contributed by atoms with Crippen LogP contribution < -0.4 is 10.2 Å². The smallest absolute Gasteiger partial charge is 0.0414 e. The molecule has 1 aliphatic carbocycles.